The molecule has 0 bridgehead atoms. The van der Waals surface area contributed by atoms with Crippen LogP contribution in [0.3, 0.4) is 0 Å². The van der Waals surface area contributed by atoms with Gasteiger partial charge in [0.05, 0.1) is 9.88 Å². The van der Waals surface area contributed by atoms with Crippen LogP contribution in [0.1, 0.15) is 20.4 Å². The average Bonchev–Trinajstić information content (AvgIpc) is 2.71. The Morgan fingerprint density at radius 2 is 2.13 bits per heavy atom. The second kappa shape index (κ2) is 3.71. The second-order valence-electron chi connectivity index (χ2n) is 2.97. The molecule has 78 valence electrons. The lowest BCUT2D eigenvalue weighted by molar-refractivity contribution is 0.0690. The van der Waals surface area contributed by atoms with Gasteiger partial charge in [-0.05, 0) is 13.8 Å². The highest BCUT2D eigenvalue weighted by Gasteiger charge is 2.16. The largest absolute Gasteiger partial charge is 0.476 e. The molecular formula is C9H8N2O2S2. The van der Waals surface area contributed by atoms with Crippen LogP contribution in [-0.4, -0.2) is 21.0 Å². The number of nitrogens with zero attached hydrogens (tertiary/aromatic N) is 2. The average molecular weight is 240 g/mol. The Bertz CT molecular complexity index is 516. The van der Waals surface area contributed by atoms with Crippen molar-refractivity contribution in [2.24, 2.45) is 0 Å². The van der Waals surface area contributed by atoms with Crippen LogP contribution in [-0.2, 0) is 0 Å². The molecule has 0 aliphatic heterocycles. The summed E-state index contributed by atoms with van der Waals surface area (Å²) in [5.74, 6) is -0.976. The van der Waals surface area contributed by atoms with Gasteiger partial charge in [-0.2, -0.15) is 0 Å². The van der Waals surface area contributed by atoms with E-state index in [1.165, 1.54) is 22.7 Å². The summed E-state index contributed by atoms with van der Waals surface area (Å²) >= 11 is 2.91. The lowest BCUT2D eigenvalue weighted by atomic mass is 10.4. The van der Waals surface area contributed by atoms with Gasteiger partial charge in [0.15, 0.2) is 5.69 Å². The Morgan fingerprint density at radius 3 is 2.60 bits per heavy atom. The molecule has 0 unspecified atom stereocenters. The summed E-state index contributed by atoms with van der Waals surface area (Å²) in [7, 11) is 0. The van der Waals surface area contributed by atoms with Crippen LogP contribution in [0, 0.1) is 13.8 Å². The number of carboxylic acid groups (broad SMARTS) is 1. The Balaban J connectivity index is 2.46. The van der Waals surface area contributed by atoms with E-state index in [2.05, 4.69) is 9.97 Å². The molecule has 0 radical (unpaired) electrons. The van der Waals surface area contributed by atoms with Gasteiger partial charge in [-0.1, -0.05) is 0 Å². The van der Waals surface area contributed by atoms with Crippen molar-refractivity contribution >= 4 is 28.6 Å². The third-order valence-corrected chi connectivity index (χ3v) is 3.88. The van der Waals surface area contributed by atoms with Crippen molar-refractivity contribution in [2.75, 3.05) is 0 Å². The first kappa shape index (κ1) is 10.3. The zero-order chi connectivity index (χ0) is 11.0. The second-order valence-corrected chi connectivity index (χ2v) is 5.41. The highest BCUT2D eigenvalue weighted by atomic mass is 32.1. The first-order valence-corrected chi connectivity index (χ1v) is 5.84. The molecule has 6 heteroatoms. The molecule has 1 N–H and O–H groups in total. The van der Waals surface area contributed by atoms with E-state index in [0.29, 0.717) is 0 Å². The molecule has 0 fully saturated rings. The van der Waals surface area contributed by atoms with Gasteiger partial charge in [-0.3, -0.25) is 0 Å². The zero-order valence-electron chi connectivity index (χ0n) is 8.14. The maximum atomic E-state index is 10.8. The van der Waals surface area contributed by atoms with Crippen molar-refractivity contribution in [1.82, 2.24) is 9.97 Å². The van der Waals surface area contributed by atoms with Gasteiger partial charge < -0.3 is 5.11 Å². The molecule has 15 heavy (non-hydrogen) atoms. The molecular weight excluding hydrogens is 232 g/mol. The van der Waals surface area contributed by atoms with Gasteiger partial charge in [0, 0.05) is 11.1 Å². The Kier molecular flexibility index (Phi) is 2.54. The minimum absolute atomic E-state index is 0.140. The van der Waals surface area contributed by atoms with Crippen LogP contribution in [0.2, 0.25) is 0 Å². The topological polar surface area (TPSA) is 63.1 Å². The summed E-state index contributed by atoms with van der Waals surface area (Å²) in [5.41, 5.74) is 0.140. The minimum Gasteiger partial charge on any atom is -0.476 e. The van der Waals surface area contributed by atoms with E-state index in [1.807, 2.05) is 6.92 Å². The third kappa shape index (κ3) is 1.91. The van der Waals surface area contributed by atoms with E-state index in [-0.39, 0.29) is 5.69 Å². The molecule has 0 aliphatic carbocycles. The summed E-state index contributed by atoms with van der Waals surface area (Å²) in [6, 6.07) is 0. The summed E-state index contributed by atoms with van der Waals surface area (Å²) in [4.78, 5) is 20.7. The summed E-state index contributed by atoms with van der Waals surface area (Å²) in [5, 5.41) is 10.5. The number of aromatic carboxylic acids is 1. The SMILES string of the molecule is Cc1ncc(-c2nc(C(=O)O)c(C)s2)s1. The Labute approximate surface area is 94.3 Å². The number of aryl methyl sites for hydroxylation is 2. The van der Waals surface area contributed by atoms with Crippen LogP contribution >= 0.6 is 22.7 Å². The maximum absolute atomic E-state index is 10.8. The van der Waals surface area contributed by atoms with Crippen LogP contribution in [0.25, 0.3) is 9.88 Å². The van der Waals surface area contributed by atoms with Gasteiger partial charge >= 0.3 is 5.97 Å². The molecule has 2 aromatic heterocycles. The number of carbonyl (C=O) groups is 1. The molecule has 0 saturated carbocycles. The van der Waals surface area contributed by atoms with Gasteiger partial charge in [-0.25, -0.2) is 14.8 Å². The van der Waals surface area contributed by atoms with Crippen LogP contribution in [0.15, 0.2) is 6.20 Å². The predicted octanol–water partition coefficient (Wildman–Crippen LogP) is 2.58. The molecule has 0 aromatic carbocycles. The van der Waals surface area contributed by atoms with E-state index in [1.54, 1.807) is 13.1 Å². The number of thiazole rings is 2. The fourth-order valence-electron chi connectivity index (χ4n) is 1.16. The standard InChI is InChI=1S/C9H8N2O2S2/c1-4-7(9(12)13)11-8(14-4)6-3-10-5(2)15-6/h3H,1-2H3,(H,12,13). The minimum atomic E-state index is -0.976. The molecule has 0 spiro atoms. The van der Waals surface area contributed by atoms with Gasteiger partial charge in [-0.15, -0.1) is 22.7 Å². The van der Waals surface area contributed by atoms with Gasteiger partial charge in [0.2, 0.25) is 0 Å². The van der Waals surface area contributed by atoms with Crippen molar-refractivity contribution < 1.29 is 9.90 Å². The lowest BCUT2D eigenvalue weighted by Crippen LogP contribution is -1.98. The number of aromatic nitrogens is 2. The van der Waals surface area contributed by atoms with Crippen molar-refractivity contribution in [1.29, 1.82) is 0 Å². The number of rotatable bonds is 2. The highest BCUT2D eigenvalue weighted by Crippen LogP contribution is 2.31. The van der Waals surface area contributed by atoms with E-state index in [9.17, 15) is 4.79 Å². The lowest BCUT2D eigenvalue weighted by Gasteiger charge is -1.86. The molecule has 0 aliphatic rings. The van der Waals surface area contributed by atoms with Crippen LogP contribution in [0.5, 0.6) is 0 Å². The van der Waals surface area contributed by atoms with Crippen molar-refractivity contribution in [2.45, 2.75) is 13.8 Å². The molecule has 0 atom stereocenters. The predicted molar refractivity (Wildman–Crippen MR) is 59.7 cm³/mol. The first-order valence-electron chi connectivity index (χ1n) is 4.21. The Hall–Kier alpha value is -1.27. The smallest absolute Gasteiger partial charge is 0.355 e. The van der Waals surface area contributed by atoms with Crippen molar-refractivity contribution in [3.63, 3.8) is 0 Å². The quantitative estimate of drug-likeness (QED) is 0.876. The summed E-state index contributed by atoms with van der Waals surface area (Å²) < 4.78 is 0. The molecule has 2 heterocycles. The highest BCUT2D eigenvalue weighted by molar-refractivity contribution is 7.21. The van der Waals surface area contributed by atoms with E-state index in [4.69, 9.17) is 5.11 Å². The zero-order valence-corrected chi connectivity index (χ0v) is 9.78. The first-order chi connectivity index (χ1) is 7.08. The van der Waals surface area contributed by atoms with E-state index >= 15 is 0 Å². The fourth-order valence-corrected chi connectivity index (χ4v) is 2.88. The maximum Gasteiger partial charge on any atom is 0.355 e. The van der Waals surface area contributed by atoms with Gasteiger partial charge in [0.25, 0.3) is 0 Å². The molecule has 2 aromatic rings. The normalized spacial score (nSPS) is 10.5. The van der Waals surface area contributed by atoms with Crippen LogP contribution in [0.4, 0.5) is 0 Å². The monoisotopic (exact) mass is 240 g/mol. The summed E-state index contributed by atoms with van der Waals surface area (Å²) in [6.45, 7) is 3.67. The van der Waals surface area contributed by atoms with E-state index in [0.717, 1.165) is 19.8 Å². The number of carboxylic acids is 1. The molecule has 0 saturated heterocycles. The van der Waals surface area contributed by atoms with E-state index < -0.39 is 5.97 Å². The molecule has 0 amide bonds. The molecule has 2 rings (SSSR count). The van der Waals surface area contributed by atoms with Crippen molar-refractivity contribution in [3.05, 3.63) is 21.8 Å². The molecule has 4 nitrogen and oxygen atoms in total. The van der Waals surface area contributed by atoms with Gasteiger partial charge in [0.1, 0.15) is 5.01 Å². The number of hydrogen-bond donors (Lipinski definition) is 1. The van der Waals surface area contributed by atoms with Crippen LogP contribution < -0.4 is 0 Å². The Morgan fingerprint density at radius 1 is 1.40 bits per heavy atom. The third-order valence-electron chi connectivity index (χ3n) is 1.83. The summed E-state index contributed by atoms with van der Waals surface area (Å²) in [6.07, 6.45) is 1.73. The fraction of sp³-hybridized carbons (Fsp3) is 0.222. The number of hydrogen-bond acceptors (Lipinski definition) is 5. The van der Waals surface area contributed by atoms with Crippen molar-refractivity contribution in [3.8, 4) is 9.88 Å².